The Kier molecular flexibility index (Phi) is 13.3. The predicted octanol–water partition coefficient (Wildman–Crippen LogP) is -0.700. The normalized spacial score (nSPS) is 16.1. The van der Waals surface area contributed by atoms with E-state index in [-0.39, 0.29) is 18.3 Å². The van der Waals surface area contributed by atoms with Crippen molar-refractivity contribution in [2.45, 2.75) is 64.7 Å². The van der Waals surface area contributed by atoms with Crippen LogP contribution in [0.1, 0.15) is 40.5 Å². The van der Waals surface area contributed by atoms with E-state index in [2.05, 4.69) is 16.0 Å². The first-order chi connectivity index (χ1) is 14.0. The Morgan fingerprint density at radius 1 is 0.967 bits per heavy atom. The van der Waals surface area contributed by atoms with Gasteiger partial charge in [0.25, 0.3) is 0 Å². The molecule has 174 valence electrons. The van der Waals surface area contributed by atoms with Crippen molar-refractivity contribution in [2.75, 3.05) is 18.6 Å². The maximum Gasteiger partial charge on any atom is 0.328 e. The van der Waals surface area contributed by atoms with Crippen LogP contribution in [0.2, 0.25) is 0 Å². The SMILES string of the molecule is CCC(C)C(N)C(=O)NC(C(=O)NC(CCSC)C(=O)NC(CO)C(=O)O)C(C)C. The van der Waals surface area contributed by atoms with Crippen LogP contribution in [0.5, 0.6) is 0 Å². The highest BCUT2D eigenvalue weighted by molar-refractivity contribution is 7.98. The van der Waals surface area contributed by atoms with Gasteiger partial charge in [0.2, 0.25) is 17.7 Å². The minimum Gasteiger partial charge on any atom is -0.480 e. The van der Waals surface area contributed by atoms with Crippen molar-refractivity contribution in [3.8, 4) is 0 Å². The summed E-state index contributed by atoms with van der Waals surface area (Å²) in [7, 11) is 0. The molecule has 0 aliphatic carbocycles. The lowest BCUT2D eigenvalue weighted by Crippen LogP contribution is -2.59. The van der Waals surface area contributed by atoms with Crippen LogP contribution in [0, 0.1) is 11.8 Å². The summed E-state index contributed by atoms with van der Waals surface area (Å²) in [5, 5.41) is 25.6. The smallest absolute Gasteiger partial charge is 0.328 e. The highest BCUT2D eigenvalue weighted by Crippen LogP contribution is 2.09. The number of aliphatic carboxylic acids is 1. The van der Waals surface area contributed by atoms with Gasteiger partial charge in [-0.3, -0.25) is 14.4 Å². The number of rotatable bonds is 14. The van der Waals surface area contributed by atoms with Crippen LogP contribution in [-0.4, -0.2) is 76.7 Å². The van der Waals surface area contributed by atoms with Crippen molar-refractivity contribution in [1.82, 2.24) is 16.0 Å². The molecular formula is C19H36N4O6S. The minimum atomic E-state index is -1.47. The summed E-state index contributed by atoms with van der Waals surface area (Å²) in [5.74, 6) is -2.91. The number of thioether (sulfide) groups is 1. The van der Waals surface area contributed by atoms with Gasteiger partial charge in [0, 0.05) is 0 Å². The zero-order valence-corrected chi connectivity index (χ0v) is 19.1. The van der Waals surface area contributed by atoms with Crippen molar-refractivity contribution in [3.63, 3.8) is 0 Å². The first kappa shape index (κ1) is 28.1. The van der Waals surface area contributed by atoms with Gasteiger partial charge in [-0.2, -0.15) is 11.8 Å². The number of hydrogen-bond donors (Lipinski definition) is 6. The molecule has 7 N–H and O–H groups in total. The molecule has 11 heteroatoms. The van der Waals surface area contributed by atoms with Gasteiger partial charge in [0.05, 0.1) is 12.6 Å². The Labute approximate surface area is 182 Å². The number of aliphatic hydroxyl groups is 1. The predicted molar refractivity (Wildman–Crippen MR) is 116 cm³/mol. The summed E-state index contributed by atoms with van der Waals surface area (Å²) in [5.41, 5.74) is 5.94. The molecule has 0 aliphatic rings. The number of aliphatic hydroxyl groups excluding tert-OH is 1. The zero-order chi connectivity index (χ0) is 23.4. The molecule has 0 radical (unpaired) electrons. The van der Waals surface area contributed by atoms with E-state index >= 15 is 0 Å². The topological polar surface area (TPSA) is 171 Å². The molecular weight excluding hydrogens is 412 g/mol. The van der Waals surface area contributed by atoms with E-state index in [4.69, 9.17) is 15.9 Å². The number of nitrogens with two attached hydrogens (primary N) is 1. The molecule has 5 atom stereocenters. The molecule has 0 fully saturated rings. The third kappa shape index (κ3) is 9.31. The van der Waals surface area contributed by atoms with Gasteiger partial charge in [-0.05, 0) is 30.3 Å². The Morgan fingerprint density at radius 3 is 1.97 bits per heavy atom. The van der Waals surface area contributed by atoms with E-state index in [1.54, 1.807) is 13.8 Å². The lowest BCUT2D eigenvalue weighted by Gasteiger charge is -2.27. The van der Waals surface area contributed by atoms with Crippen LogP contribution in [0.3, 0.4) is 0 Å². The van der Waals surface area contributed by atoms with E-state index in [0.29, 0.717) is 12.2 Å². The van der Waals surface area contributed by atoms with E-state index < -0.39 is 54.5 Å². The molecule has 5 unspecified atom stereocenters. The maximum atomic E-state index is 12.8. The van der Waals surface area contributed by atoms with Gasteiger partial charge in [-0.25, -0.2) is 4.79 Å². The van der Waals surface area contributed by atoms with E-state index in [1.807, 2.05) is 20.1 Å². The fraction of sp³-hybridized carbons (Fsp3) is 0.789. The minimum absolute atomic E-state index is 0.0626. The standard InChI is InChI=1S/C19H36N4O6S/c1-6-11(4)14(20)17(26)23-15(10(2)3)18(27)21-12(7-8-30-5)16(25)22-13(9-24)19(28)29/h10-15,24H,6-9,20H2,1-5H3,(H,21,27)(H,22,25)(H,23,26)(H,28,29). The largest absolute Gasteiger partial charge is 0.480 e. The molecule has 0 bridgehead atoms. The van der Waals surface area contributed by atoms with Crippen molar-refractivity contribution in [2.24, 2.45) is 17.6 Å². The van der Waals surface area contributed by atoms with E-state index in [0.717, 1.165) is 0 Å². The number of carboxylic acids is 1. The number of carbonyl (C=O) groups is 4. The summed E-state index contributed by atoms with van der Waals surface area (Å²) in [6.45, 7) is 6.49. The Bertz CT molecular complexity index is 589. The first-order valence-corrected chi connectivity index (χ1v) is 11.4. The fourth-order valence-electron chi connectivity index (χ4n) is 2.52. The van der Waals surface area contributed by atoms with Gasteiger partial charge in [0.15, 0.2) is 0 Å². The second kappa shape index (κ2) is 14.2. The average molecular weight is 449 g/mol. The first-order valence-electron chi connectivity index (χ1n) is 9.99. The van der Waals surface area contributed by atoms with Crippen molar-refractivity contribution in [1.29, 1.82) is 0 Å². The van der Waals surface area contributed by atoms with Gasteiger partial charge >= 0.3 is 5.97 Å². The zero-order valence-electron chi connectivity index (χ0n) is 18.3. The number of amides is 3. The second-order valence-corrected chi connectivity index (χ2v) is 8.55. The molecule has 0 aromatic carbocycles. The highest BCUT2D eigenvalue weighted by atomic mass is 32.2. The third-order valence-electron chi connectivity index (χ3n) is 4.85. The van der Waals surface area contributed by atoms with Crippen LogP contribution in [-0.2, 0) is 19.2 Å². The molecule has 0 heterocycles. The van der Waals surface area contributed by atoms with Gasteiger partial charge in [0.1, 0.15) is 18.1 Å². The van der Waals surface area contributed by atoms with Crippen molar-refractivity contribution >= 4 is 35.5 Å². The van der Waals surface area contributed by atoms with Crippen LogP contribution < -0.4 is 21.7 Å². The summed E-state index contributed by atoms with van der Waals surface area (Å²) < 4.78 is 0. The van der Waals surface area contributed by atoms with Crippen LogP contribution >= 0.6 is 11.8 Å². The van der Waals surface area contributed by atoms with Crippen LogP contribution in [0.15, 0.2) is 0 Å². The molecule has 0 aromatic heterocycles. The van der Waals surface area contributed by atoms with Crippen molar-refractivity contribution < 1.29 is 29.4 Å². The average Bonchev–Trinajstić information content (AvgIpc) is 2.70. The summed E-state index contributed by atoms with van der Waals surface area (Å²) in [6, 6.07) is -4.16. The van der Waals surface area contributed by atoms with Gasteiger partial charge in [-0.15, -0.1) is 0 Å². The Morgan fingerprint density at radius 2 is 1.53 bits per heavy atom. The van der Waals surface area contributed by atoms with E-state index in [9.17, 15) is 19.2 Å². The monoisotopic (exact) mass is 448 g/mol. The lowest BCUT2D eigenvalue weighted by molar-refractivity contribution is -0.143. The fourth-order valence-corrected chi connectivity index (χ4v) is 2.99. The molecule has 3 amide bonds. The van der Waals surface area contributed by atoms with Gasteiger partial charge < -0.3 is 31.9 Å². The van der Waals surface area contributed by atoms with Crippen LogP contribution in [0.25, 0.3) is 0 Å². The van der Waals surface area contributed by atoms with Crippen LogP contribution in [0.4, 0.5) is 0 Å². The number of carbonyl (C=O) groups excluding carboxylic acids is 3. The second-order valence-electron chi connectivity index (χ2n) is 7.57. The molecule has 0 spiro atoms. The number of hydrogen-bond acceptors (Lipinski definition) is 7. The molecule has 0 aromatic rings. The summed E-state index contributed by atoms with van der Waals surface area (Å²) >= 11 is 1.46. The molecule has 30 heavy (non-hydrogen) atoms. The van der Waals surface area contributed by atoms with Crippen molar-refractivity contribution in [3.05, 3.63) is 0 Å². The number of nitrogens with one attached hydrogen (secondary N) is 3. The molecule has 10 nitrogen and oxygen atoms in total. The van der Waals surface area contributed by atoms with Gasteiger partial charge in [-0.1, -0.05) is 34.1 Å². The number of carboxylic acid groups (broad SMARTS) is 1. The quantitative estimate of drug-likeness (QED) is 0.202. The third-order valence-corrected chi connectivity index (χ3v) is 5.49. The van der Waals surface area contributed by atoms with E-state index in [1.165, 1.54) is 11.8 Å². The molecule has 0 saturated carbocycles. The Balaban J connectivity index is 5.32. The molecule has 0 aliphatic heterocycles. The Hall–Kier alpha value is -1.85. The summed E-state index contributed by atoms with van der Waals surface area (Å²) in [4.78, 5) is 48.8. The molecule has 0 saturated heterocycles. The lowest BCUT2D eigenvalue weighted by atomic mass is 9.97. The summed E-state index contributed by atoms with van der Waals surface area (Å²) in [6.07, 6.45) is 2.79. The highest BCUT2D eigenvalue weighted by Gasteiger charge is 2.32. The molecule has 0 rings (SSSR count). The maximum absolute atomic E-state index is 12.8.